The number of aromatic nitrogens is 1. The Balaban J connectivity index is 2.59. The van der Waals surface area contributed by atoms with Gasteiger partial charge >= 0.3 is 0 Å². The average molecular weight is 159 g/mol. The molecule has 0 aliphatic carbocycles. The fourth-order valence-electron chi connectivity index (χ4n) is 0.583. The molecule has 0 saturated carbocycles. The first kappa shape index (κ1) is 7.46. The van der Waals surface area contributed by atoms with Crippen molar-refractivity contribution in [3.63, 3.8) is 0 Å². The Kier molecular flexibility index (Phi) is 2.61. The molecule has 0 saturated heterocycles. The Bertz CT molecular complexity index is 201. The normalized spacial score (nSPS) is 9.80. The zero-order chi connectivity index (χ0) is 7.40. The molecule has 10 heavy (non-hydrogen) atoms. The van der Waals surface area contributed by atoms with Crippen LogP contribution < -0.4 is 11.3 Å². The van der Waals surface area contributed by atoms with E-state index in [0.29, 0.717) is 11.7 Å². The molecule has 1 rings (SSSR count). The van der Waals surface area contributed by atoms with Crippen LogP contribution in [-0.4, -0.2) is 12.1 Å². The van der Waals surface area contributed by atoms with Crippen LogP contribution in [0.4, 0.5) is 5.13 Å². The molecule has 0 atom stereocenters. The minimum Gasteiger partial charge on any atom is -0.379 e. The molecule has 0 amide bonds. The van der Waals surface area contributed by atoms with Gasteiger partial charge in [0.05, 0.1) is 11.5 Å². The Morgan fingerprint density at radius 1 is 1.90 bits per heavy atom. The Labute approximate surface area is 63.0 Å². The van der Waals surface area contributed by atoms with Gasteiger partial charge in [0, 0.05) is 13.3 Å². The molecule has 3 N–H and O–H groups in total. The highest BCUT2D eigenvalue weighted by molar-refractivity contribution is 7.15. The molecule has 1 aromatic heterocycles. The van der Waals surface area contributed by atoms with E-state index in [1.165, 1.54) is 11.3 Å². The lowest BCUT2D eigenvalue weighted by atomic mass is 10.6. The highest BCUT2D eigenvalue weighted by Gasteiger charge is 1.97. The maximum Gasteiger partial charge on any atom is 0.197 e. The van der Waals surface area contributed by atoms with Crippen LogP contribution in [0.15, 0.2) is 6.20 Å². The maximum atomic E-state index is 5.12. The van der Waals surface area contributed by atoms with Crippen molar-refractivity contribution < 1.29 is 4.74 Å². The van der Waals surface area contributed by atoms with Crippen molar-refractivity contribution in [3.8, 4) is 0 Å². The summed E-state index contributed by atoms with van der Waals surface area (Å²) in [4.78, 5) is 5.02. The summed E-state index contributed by atoms with van der Waals surface area (Å²) in [6.07, 6.45) is 1.74. The second kappa shape index (κ2) is 3.50. The molecule has 0 bridgehead atoms. The molecule has 0 unspecified atom stereocenters. The Hall–Kier alpha value is -0.650. The topological polar surface area (TPSA) is 60.2 Å². The first-order valence-corrected chi connectivity index (χ1v) is 3.58. The van der Waals surface area contributed by atoms with E-state index in [-0.39, 0.29) is 0 Å². The van der Waals surface area contributed by atoms with E-state index in [9.17, 15) is 0 Å². The van der Waals surface area contributed by atoms with E-state index in [4.69, 9.17) is 10.6 Å². The van der Waals surface area contributed by atoms with Crippen LogP contribution in [0.2, 0.25) is 0 Å². The predicted molar refractivity (Wildman–Crippen MR) is 40.6 cm³/mol. The van der Waals surface area contributed by atoms with Crippen molar-refractivity contribution >= 4 is 16.5 Å². The summed E-state index contributed by atoms with van der Waals surface area (Å²) in [5, 5.41) is 0.715. The number of thiazole rings is 1. The highest BCUT2D eigenvalue weighted by Crippen LogP contribution is 2.16. The van der Waals surface area contributed by atoms with E-state index in [2.05, 4.69) is 10.4 Å². The molecular formula is C5H9N3OS. The second-order valence-electron chi connectivity index (χ2n) is 1.71. The summed E-state index contributed by atoms with van der Waals surface area (Å²) >= 11 is 1.49. The number of hydrogen-bond acceptors (Lipinski definition) is 5. The molecule has 0 aromatic carbocycles. The number of nitrogens with two attached hydrogens (primary N) is 1. The molecule has 56 valence electrons. The first-order valence-electron chi connectivity index (χ1n) is 2.77. The lowest BCUT2D eigenvalue weighted by Gasteiger charge is -1.90. The average Bonchev–Trinajstić information content (AvgIpc) is 2.37. The number of nitrogen functional groups attached to an aromatic ring is 1. The van der Waals surface area contributed by atoms with Crippen LogP contribution >= 0.6 is 11.3 Å². The van der Waals surface area contributed by atoms with Gasteiger partial charge < -0.3 is 4.74 Å². The number of anilines is 1. The van der Waals surface area contributed by atoms with Crippen LogP contribution in [0.5, 0.6) is 0 Å². The third kappa shape index (κ3) is 1.66. The molecule has 0 fully saturated rings. The van der Waals surface area contributed by atoms with Gasteiger partial charge in [-0.25, -0.2) is 10.8 Å². The van der Waals surface area contributed by atoms with Crippen molar-refractivity contribution in [2.75, 3.05) is 12.5 Å². The molecule has 5 heteroatoms. The van der Waals surface area contributed by atoms with E-state index < -0.39 is 0 Å². The maximum absolute atomic E-state index is 5.12. The van der Waals surface area contributed by atoms with Gasteiger partial charge in [0.15, 0.2) is 5.13 Å². The zero-order valence-corrected chi connectivity index (χ0v) is 6.44. The van der Waals surface area contributed by atoms with Crippen molar-refractivity contribution in [1.82, 2.24) is 4.98 Å². The van der Waals surface area contributed by atoms with Crippen molar-refractivity contribution in [3.05, 3.63) is 11.1 Å². The van der Waals surface area contributed by atoms with E-state index >= 15 is 0 Å². The number of hydrogen-bond donors (Lipinski definition) is 2. The Morgan fingerprint density at radius 3 is 3.20 bits per heavy atom. The van der Waals surface area contributed by atoms with Gasteiger partial charge in [0.1, 0.15) is 0 Å². The molecule has 0 radical (unpaired) electrons. The van der Waals surface area contributed by atoms with Crippen LogP contribution in [0.25, 0.3) is 0 Å². The van der Waals surface area contributed by atoms with Crippen LogP contribution in [0.1, 0.15) is 4.88 Å². The lowest BCUT2D eigenvalue weighted by Crippen LogP contribution is -2.05. The Morgan fingerprint density at radius 2 is 2.70 bits per heavy atom. The monoisotopic (exact) mass is 159 g/mol. The summed E-state index contributed by atoms with van der Waals surface area (Å²) in [5.41, 5.74) is 2.46. The molecule has 4 nitrogen and oxygen atoms in total. The van der Waals surface area contributed by atoms with Gasteiger partial charge in [-0.3, -0.25) is 5.43 Å². The van der Waals surface area contributed by atoms with Crippen LogP contribution in [0, 0.1) is 0 Å². The standard InChI is InChI=1S/C5H9N3OS/c1-9-3-4-2-7-5(8-6)10-4/h2H,3,6H2,1H3,(H,7,8). The largest absolute Gasteiger partial charge is 0.379 e. The van der Waals surface area contributed by atoms with Gasteiger partial charge in [0.25, 0.3) is 0 Å². The minimum atomic E-state index is 0.597. The molecule has 0 aliphatic heterocycles. The number of methoxy groups -OCH3 is 1. The summed E-state index contributed by atoms with van der Waals surface area (Å²) < 4.78 is 4.89. The molecule has 0 spiro atoms. The van der Waals surface area contributed by atoms with E-state index in [0.717, 1.165) is 4.88 Å². The van der Waals surface area contributed by atoms with Crippen LogP contribution in [-0.2, 0) is 11.3 Å². The summed E-state index contributed by atoms with van der Waals surface area (Å²) in [6, 6.07) is 0. The smallest absolute Gasteiger partial charge is 0.197 e. The quantitative estimate of drug-likeness (QED) is 0.500. The third-order valence-electron chi connectivity index (χ3n) is 0.964. The fraction of sp³-hybridized carbons (Fsp3) is 0.400. The highest BCUT2D eigenvalue weighted by atomic mass is 32.1. The molecule has 1 heterocycles. The molecular weight excluding hydrogens is 150 g/mol. The van der Waals surface area contributed by atoms with Gasteiger partial charge in [-0.2, -0.15) is 0 Å². The van der Waals surface area contributed by atoms with Gasteiger partial charge in [-0.1, -0.05) is 11.3 Å². The number of hydrazine groups is 1. The van der Waals surface area contributed by atoms with E-state index in [1.807, 2.05) is 0 Å². The second-order valence-corrected chi connectivity index (χ2v) is 2.82. The number of rotatable bonds is 3. The third-order valence-corrected chi connectivity index (χ3v) is 1.87. The van der Waals surface area contributed by atoms with Crippen molar-refractivity contribution in [1.29, 1.82) is 0 Å². The zero-order valence-electron chi connectivity index (χ0n) is 5.63. The summed E-state index contributed by atoms with van der Waals surface area (Å²) in [5.74, 6) is 5.12. The first-order chi connectivity index (χ1) is 4.86. The van der Waals surface area contributed by atoms with Crippen LogP contribution in [0.3, 0.4) is 0 Å². The van der Waals surface area contributed by atoms with Gasteiger partial charge in [-0.05, 0) is 0 Å². The predicted octanol–water partition coefficient (Wildman–Crippen LogP) is 0.575. The number of ether oxygens (including phenoxy) is 1. The molecule has 1 aromatic rings. The van der Waals surface area contributed by atoms with Crippen molar-refractivity contribution in [2.45, 2.75) is 6.61 Å². The van der Waals surface area contributed by atoms with E-state index in [1.54, 1.807) is 13.3 Å². The van der Waals surface area contributed by atoms with Gasteiger partial charge in [-0.15, -0.1) is 0 Å². The number of nitrogens with one attached hydrogen (secondary N) is 1. The molecule has 0 aliphatic rings. The summed E-state index contributed by atoms with van der Waals surface area (Å²) in [6.45, 7) is 0.597. The van der Waals surface area contributed by atoms with Gasteiger partial charge in [0.2, 0.25) is 0 Å². The lowest BCUT2D eigenvalue weighted by molar-refractivity contribution is 0.187. The SMILES string of the molecule is COCc1cnc(NN)s1. The number of nitrogens with zero attached hydrogens (tertiary/aromatic N) is 1. The fourth-order valence-corrected chi connectivity index (χ4v) is 1.28. The minimum absolute atomic E-state index is 0.597. The summed E-state index contributed by atoms with van der Waals surface area (Å²) in [7, 11) is 1.65. The van der Waals surface area contributed by atoms with Crippen molar-refractivity contribution in [2.24, 2.45) is 5.84 Å².